The molecular formula is C21H24N2O3S2. The zero-order valence-corrected chi connectivity index (χ0v) is 17.7. The minimum atomic E-state index is -0.105. The van der Waals surface area contributed by atoms with Crippen molar-refractivity contribution >= 4 is 34.3 Å². The van der Waals surface area contributed by atoms with Crippen molar-refractivity contribution in [3.05, 3.63) is 46.8 Å². The molecule has 0 spiro atoms. The summed E-state index contributed by atoms with van der Waals surface area (Å²) in [7, 11) is 0. The van der Waals surface area contributed by atoms with Crippen molar-refractivity contribution in [3.8, 4) is 21.4 Å². The fourth-order valence-electron chi connectivity index (χ4n) is 2.51. The monoisotopic (exact) mass is 416 g/mol. The van der Waals surface area contributed by atoms with Crippen molar-refractivity contribution in [3.63, 3.8) is 0 Å². The van der Waals surface area contributed by atoms with Gasteiger partial charge in [0.2, 0.25) is 5.91 Å². The van der Waals surface area contributed by atoms with Gasteiger partial charge in [-0.1, -0.05) is 19.9 Å². The molecule has 3 rings (SSSR count). The Morgan fingerprint density at radius 2 is 1.86 bits per heavy atom. The largest absolute Gasteiger partial charge is 0.490 e. The van der Waals surface area contributed by atoms with Crippen molar-refractivity contribution in [2.75, 3.05) is 18.5 Å². The third-order valence-corrected chi connectivity index (χ3v) is 5.71. The molecule has 148 valence electrons. The second-order valence-electron chi connectivity index (χ2n) is 6.20. The summed E-state index contributed by atoms with van der Waals surface area (Å²) in [5, 5.41) is 7.84. The predicted molar refractivity (Wildman–Crippen MR) is 116 cm³/mol. The van der Waals surface area contributed by atoms with E-state index in [4.69, 9.17) is 9.47 Å². The van der Waals surface area contributed by atoms with Crippen molar-refractivity contribution in [2.45, 2.75) is 33.1 Å². The number of carbonyl (C=O) groups is 1. The van der Waals surface area contributed by atoms with Gasteiger partial charge in [-0.25, -0.2) is 4.98 Å². The lowest BCUT2D eigenvalue weighted by molar-refractivity contribution is -0.115. The Balaban J connectivity index is 1.64. The quantitative estimate of drug-likeness (QED) is 0.465. The molecule has 0 radical (unpaired) electrons. The molecule has 1 aromatic carbocycles. The van der Waals surface area contributed by atoms with E-state index in [-0.39, 0.29) is 12.3 Å². The van der Waals surface area contributed by atoms with Crippen LogP contribution in [0.5, 0.6) is 11.5 Å². The third kappa shape index (κ3) is 5.56. The van der Waals surface area contributed by atoms with Crippen LogP contribution in [0.1, 0.15) is 32.4 Å². The van der Waals surface area contributed by atoms with Crippen LogP contribution in [0, 0.1) is 0 Å². The molecule has 7 heteroatoms. The molecule has 0 fully saturated rings. The standard InChI is InChI=1S/C21H24N2O3S2/c1-3-9-25-17-8-7-15(12-18(17)26-10-4-2)22-20(24)13-16-14-28-21(23-16)19-6-5-11-27-19/h5-8,11-12,14H,3-4,9-10,13H2,1-2H3,(H,22,24). The lowest BCUT2D eigenvalue weighted by Gasteiger charge is -2.14. The van der Waals surface area contributed by atoms with E-state index in [1.165, 1.54) is 0 Å². The van der Waals surface area contributed by atoms with E-state index < -0.39 is 0 Å². The molecular weight excluding hydrogens is 392 g/mol. The van der Waals surface area contributed by atoms with Crippen LogP contribution in [-0.4, -0.2) is 24.1 Å². The fraction of sp³-hybridized carbons (Fsp3) is 0.333. The molecule has 5 nitrogen and oxygen atoms in total. The van der Waals surface area contributed by atoms with Crippen molar-refractivity contribution in [2.24, 2.45) is 0 Å². The lowest BCUT2D eigenvalue weighted by Crippen LogP contribution is -2.14. The summed E-state index contributed by atoms with van der Waals surface area (Å²) >= 11 is 3.21. The molecule has 1 N–H and O–H groups in total. The summed E-state index contributed by atoms with van der Waals surface area (Å²) in [5.41, 5.74) is 1.46. The van der Waals surface area contributed by atoms with E-state index in [0.717, 1.165) is 28.4 Å². The van der Waals surface area contributed by atoms with Gasteiger partial charge in [0.05, 0.1) is 30.2 Å². The van der Waals surface area contributed by atoms with Crippen LogP contribution in [-0.2, 0) is 11.2 Å². The zero-order valence-electron chi connectivity index (χ0n) is 16.1. The van der Waals surface area contributed by atoms with Crippen LogP contribution >= 0.6 is 22.7 Å². The Bertz CT molecular complexity index is 891. The number of amides is 1. The van der Waals surface area contributed by atoms with Crippen molar-refractivity contribution < 1.29 is 14.3 Å². The molecule has 0 unspecified atom stereocenters. The average molecular weight is 417 g/mol. The number of rotatable bonds is 10. The van der Waals surface area contributed by atoms with Gasteiger partial charge in [0.1, 0.15) is 5.01 Å². The second kappa shape index (κ2) is 10.2. The van der Waals surface area contributed by atoms with Gasteiger partial charge in [0.25, 0.3) is 0 Å². The number of hydrogen-bond acceptors (Lipinski definition) is 6. The molecule has 28 heavy (non-hydrogen) atoms. The molecule has 1 amide bonds. The first-order chi connectivity index (χ1) is 13.7. The maximum atomic E-state index is 12.4. The number of nitrogens with zero attached hydrogens (tertiary/aromatic N) is 1. The van der Waals surface area contributed by atoms with E-state index >= 15 is 0 Å². The number of benzene rings is 1. The molecule has 0 bridgehead atoms. The van der Waals surface area contributed by atoms with E-state index in [2.05, 4.69) is 24.1 Å². The first-order valence-corrected chi connectivity index (χ1v) is 11.1. The highest BCUT2D eigenvalue weighted by molar-refractivity contribution is 7.20. The molecule has 2 aromatic heterocycles. The molecule has 2 heterocycles. The van der Waals surface area contributed by atoms with Gasteiger partial charge in [-0.3, -0.25) is 4.79 Å². The summed E-state index contributed by atoms with van der Waals surface area (Å²) in [5.74, 6) is 1.25. The maximum absolute atomic E-state index is 12.4. The van der Waals surface area contributed by atoms with Crippen LogP contribution in [0.25, 0.3) is 9.88 Å². The van der Waals surface area contributed by atoms with Crippen molar-refractivity contribution in [1.82, 2.24) is 4.98 Å². The minimum absolute atomic E-state index is 0.105. The second-order valence-corrected chi connectivity index (χ2v) is 8.01. The normalized spacial score (nSPS) is 10.6. The fourth-order valence-corrected chi connectivity index (χ4v) is 4.15. The van der Waals surface area contributed by atoms with Crippen LogP contribution in [0.15, 0.2) is 41.1 Å². The Morgan fingerprint density at radius 1 is 1.07 bits per heavy atom. The first kappa shape index (κ1) is 20.4. The highest BCUT2D eigenvalue weighted by Gasteiger charge is 2.12. The number of aromatic nitrogens is 1. The van der Waals surface area contributed by atoms with Gasteiger partial charge < -0.3 is 14.8 Å². The SMILES string of the molecule is CCCOc1ccc(NC(=O)Cc2csc(-c3cccs3)n2)cc1OCCC. The first-order valence-electron chi connectivity index (χ1n) is 9.37. The summed E-state index contributed by atoms with van der Waals surface area (Å²) in [4.78, 5) is 18.1. The zero-order chi connectivity index (χ0) is 19.8. The van der Waals surface area contributed by atoms with Gasteiger partial charge in [-0.15, -0.1) is 22.7 Å². The van der Waals surface area contributed by atoms with E-state index in [1.807, 2.05) is 41.1 Å². The van der Waals surface area contributed by atoms with E-state index in [1.54, 1.807) is 22.7 Å². The highest BCUT2D eigenvalue weighted by atomic mass is 32.1. The van der Waals surface area contributed by atoms with Gasteiger partial charge >= 0.3 is 0 Å². The topological polar surface area (TPSA) is 60.5 Å². The molecule has 0 aliphatic heterocycles. The smallest absolute Gasteiger partial charge is 0.230 e. The van der Waals surface area contributed by atoms with E-state index in [0.29, 0.717) is 30.4 Å². The maximum Gasteiger partial charge on any atom is 0.230 e. The number of hydrogen-bond donors (Lipinski definition) is 1. The summed E-state index contributed by atoms with van der Waals surface area (Å²) in [6, 6.07) is 9.53. The summed E-state index contributed by atoms with van der Waals surface area (Å²) in [6.45, 7) is 5.34. The number of anilines is 1. The van der Waals surface area contributed by atoms with Gasteiger partial charge in [-0.2, -0.15) is 0 Å². The highest BCUT2D eigenvalue weighted by Crippen LogP contribution is 2.31. The van der Waals surface area contributed by atoms with Gasteiger partial charge in [-0.05, 0) is 36.4 Å². The number of thiophene rings is 1. The summed E-state index contributed by atoms with van der Waals surface area (Å²) in [6.07, 6.45) is 2.06. The van der Waals surface area contributed by atoms with Gasteiger partial charge in [0, 0.05) is 17.1 Å². The van der Waals surface area contributed by atoms with Gasteiger partial charge in [0.15, 0.2) is 11.5 Å². The Hall–Kier alpha value is -2.38. The molecule has 0 aliphatic carbocycles. The lowest BCUT2D eigenvalue weighted by atomic mass is 10.2. The molecule has 0 atom stereocenters. The van der Waals surface area contributed by atoms with E-state index in [9.17, 15) is 4.79 Å². The molecule has 0 aliphatic rings. The number of nitrogens with one attached hydrogen (secondary N) is 1. The van der Waals surface area contributed by atoms with Crippen LogP contribution in [0.3, 0.4) is 0 Å². The number of carbonyl (C=O) groups excluding carboxylic acids is 1. The minimum Gasteiger partial charge on any atom is -0.490 e. The number of ether oxygens (including phenoxy) is 2. The van der Waals surface area contributed by atoms with Crippen LogP contribution < -0.4 is 14.8 Å². The average Bonchev–Trinajstić information content (AvgIpc) is 3.37. The van der Waals surface area contributed by atoms with Crippen LogP contribution in [0.4, 0.5) is 5.69 Å². The third-order valence-electron chi connectivity index (χ3n) is 3.78. The Morgan fingerprint density at radius 3 is 2.57 bits per heavy atom. The molecule has 0 saturated heterocycles. The van der Waals surface area contributed by atoms with Crippen molar-refractivity contribution in [1.29, 1.82) is 0 Å². The molecule has 3 aromatic rings. The Kier molecular flexibility index (Phi) is 7.45. The number of thiazole rings is 1. The van der Waals surface area contributed by atoms with Crippen LogP contribution in [0.2, 0.25) is 0 Å². The predicted octanol–water partition coefficient (Wildman–Crippen LogP) is 5.63. The Labute approximate surface area is 173 Å². The summed E-state index contributed by atoms with van der Waals surface area (Å²) < 4.78 is 11.5. The molecule has 0 saturated carbocycles.